The minimum atomic E-state index is -3.85. The van der Waals surface area contributed by atoms with Crippen LogP contribution in [0.1, 0.15) is 20.3 Å². The molecule has 8 heteroatoms. The minimum absolute atomic E-state index is 0.00783. The van der Waals surface area contributed by atoms with Gasteiger partial charge < -0.3 is 10.8 Å². The number of nitrogens with two attached hydrogens (primary N) is 1. The molecule has 5 nitrogen and oxygen atoms in total. The van der Waals surface area contributed by atoms with Crippen LogP contribution in [0.3, 0.4) is 0 Å². The number of halogens is 2. The molecule has 0 heterocycles. The summed E-state index contributed by atoms with van der Waals surface area (Å²) in [6.45, 7) is 3.17. The predicted octanol–water partition coefficient (Wildman–Crippen LogP) is 2.01. The maximum atomic E-state index is 12.1. The minimum Gasteiger partial charge on any atom is -0.396 e. The molecular formula is C11H16Cl2N2O3S. The number of nitrogens with one attached hydrogen (secondary N) is 1. The molecule has 0 spiro atoms. The first-order valence-corrected chi connectivity index (χ1v) is 7.80. The SMILES string of the molecule is CCC(C)(O)CNS(=O)(=O)c1ccc(Cl)c(N)c1Cl. The molecule has 0 aliphatic carbocycles. The molecule has 0 saturated heterocycles. The van der Waals surface area contributed by atoms with Crippen molar-refractivity contribution in [3.8, 4) is 0 Å². The van der Waals surface area contributed by atoms with Crippen molar-refractivity contribution in [2.45, 2.75) is 30.8 Å². The molecule has 0 aliphatic rings. The highest BCUT2D eigenvalue weighted by Crippen LogP contribution is 2.33. The molecule has 19 heavy (non-hydrogen) atoms. The summed E-state index contributed by atoms with van der Waals surface area (Å²) in [5, 5.41) is 9.85. The summed E-state index contributed by atoms with van der Waals surface area (Å²) < 4.78 is 26.4. The molecule has 0 aromatic heterocycles. The van der Waals surface area contributed by atoms with Crippen molar-refractivity contribution in [1.29, 1.82) is 0 Å². The van der Waals surface area contributed by atoms with Crippen molar-refractivity contribution in [3.63, 3.8) is 0 Å². The third-order valence-electron chi connectivity index (χ3n) is 2.79. The molecule has 0 bridgehead atoms. The second kappa shape index (κ2) is 5.85. The van der Waals surface area contributed by atoms with E-state index in [-0.39, 0.29) is 27.2 Å². The van der Waals surface area contributed by atoms with Gasteiger partial charge in [-0.25, -0.2) is 13.1 Å². The zero-order valence-corrected chi connectivity index (χ0v) is 12.9. The number of nitrogen functional groups attached to an aromatic ring is 1. The lowest BCUT2D eigenvalue weighted by Crippen LogP contribution is -2.40. The van der Waals surface area contributed by atoms with Gasteiger partial charge in [0, 0.05) is 6.54 Å². The van der Waals surface area contributed by atoms with E-state index in [1.807, 2.05) is 0 Å². The van der Waals surface area contributed by atoms with Gasteiger partial charge in [0.1, 0.15) is 4.90 Å². The van der Waals surface area contributed by atoms with E-state index in [2.05, 4.69) is 4.72 Å². The summed E-state index contributed by atoms with van der Waals surface area (Å²) in [4.78, 5) is -0.164. The van der Waals surface area contributed by atoms with Crippen molar-refractivity contribution in [2.24, 2.45) is 0 Å². The van der Waals surface area contributed by atoms with Gasteiger partial charge in [-0.15, -0.1) is 0 Å². The van der Waals surface area contributed by atoms with E-state index in [4.69, 9.17) is 28.9 Å². The Morgan fingerprint density at radius 2 is 2.00 bits per heavy atom. The zero-order valence-electron chi connectivity index (χ0n) is 10.6. The van der Waals surface area contributed by atoms with Crippen LogP contribution in [0.4, 0.5) is 5.69 Å². The third-order valence-corrected chi connectivity index (χ3v) is 5.08. The topological polar surface area (TPSA) is 92.4 Å². The first-order valence-electron chi connectivity index (χ1n) is 5.56. The number of anilines is 1. The second-order valence-electron chi connectivity index (χ2n) is 4.45. The Morgan fingerprint density at radius 3 is 2.53 bits per heavy atom. The number of hydrogen-bond acceptors (Lipinski definition) is 4. The second-order valence-corrected chi connectivity index (χ2v) is 6.97. The van der Waals surface area contributed by atoms with Crippen molar-refractivity contribution >= 4 is 38.9 Å². The highest BCUT2D eigenvalue weighted by molar-refractivity contribution is 7.89. The molecule has 0 aliphatic heterocycles. The maximum Gasteiger partial charge on any atom is 0.242 e. The van der Waals surface area contributed by atoms with Crippen molar-refractivity contribution in [1.82, 2.24) is 4.72 Å². The van der Waals surface area contributed by atoms with E-state index in [1.54, 1.807) is 6.92 Å². The maximum absolute atomic E-state index is 12.1. The van der Waals surface area contributed by atoms with Crippen LogP contribution >= 0.6 is 23.2 Å². The van der Waals surface area contributed by atoms with E-state index < -0.39 is 15.6 Å². The smallest absolute Gasteiger partial charge is 0.242 e. The van der Waals surface area contributed by atoms with Crippen LogP contribution in [0.15, 0.2) is 17.0 Å². The fraction of sp³-hybridized carbons (Fsp3) is 0.455. The molecule has 0 fully saturated rings. The van der Waals surface area contributed by atoms with E-state index in [1.165, 1.54) is 19.1 Å². The van der Waals surface area contributed by atoms with E-state index >= 15 is 0 Å². The van der Waals surface area contributed by atoms with Gasteiger partial charge in [0.05, 0.1) is 21.3 Å². The molecule has 0 radical (unpaired) electrons. The lowest BCUT2D eigenvalue weighted by molar-refractivity contribution is 0.0613. The van der Waals surface area contributed by atoms with Crippen LogP contribution in [-0.4, -0.2) is 25.7 Å². The van der Waals surface area contributed by atoms with Crippen LogP contribution in [0.2, 0.25) is 10.0 Å². The Bertz CT molecular complexity index is 574. The van der Waals surface area contributed by atoms with Gasteiger partial charge in [0.25, 0.3) is 0 Å². The number of rotatable bonds is 5. The van der Waals surface area contributed by atoms with Gasteiger partial charge in [0.15, 0.2) is 0 Å². The summed E-state index contributed by atoms with van der Waals surface area (Å²) in [7, 11) is -3.85. The first kappa shape index (κ1) is 16.5. The molecule has 1 unspecified atom stereocenters. The van der Waals surface area contributed by atoms with Crippen LogP contribution in [0, 0.1) is 0 Å². The normalized spacial score (nSPS) is 15.2. The Morgan fingerprint density at radius 1 is 1.42 bits per heavy atom. The van der Waals surface area contributed by atoms with E-state index in [0.717, 1.165) is 0 Å². The fourth-order valence-corrected chi connectivity index (χ4v) is 3.14. The summed E-state index contributed by atoms with van der Waals surface area (Å²) in [6, 6.07) is 2.62. The van der Waals surface area contributed by atoms with Gasteiger partial charge in [-0.05, 0) is 25.5 Å². The lowest BCUT2D eigenvalue weighted by atomic mass is 10.1. The number of hydrogen-bond donors (Lipinski definition) is 3. The van der Waals surface area contributed by atoms with Gasteiger partial charge in [0.2, 0.25) is 10.0 Å². The van der Waals surface area contributed by atoms with Gasteiger partial charge in [-0.1, -0.05) is 30.1 Å². The summed E-state index contributed by atoms with van der Waals surface area (Å²) in [5.74, 6) is 0. The first-order chi connectivity index (χ1) is 8.60. The Kier molecular flexibility index (Phi) is 5.08. The molecule has 4 N–H and O–H groups in total. The molecule has 1 aromatic carbocycles. The largest absolute Gasteiger partial charge is 0.396 e. The molecule has 1 atom stereocenters. The molecular weight excluding hydrogens is 311 g/mol. The van der Waals surface area contributed by atoms with Gasteiger partial charge >= 0.3 is 0 Å². The highest BCUT2D eigenvalue weighted by Gasteiger charge is 2.25. The van der Waals surface area contributed by atoms with Crippen molar-refractivity contribution in [2.75, 3.05) is 12.3 Å². The predicted molar refractivity (Wildman–Crippen MR) is 77.0 cm³/mol. The monoisotopic (exact) mass is 326 g/mol. The number of benzene rings is 1. The van der Waals surface area contributed by atoms with Crippen LogP contribution in [-0.2, 0) is 10.0 Å². The van der Waals surface area contributed by atoms with Gasteiger partial charge in [-0.3, -0.25) is 0 Å². The fourth-order valence-electron chi connectivity index (χ4n) is 1.21. The quantitative estimate of drug-likeness (QED) is 0.721. The average Bonchev–Trinajstić information content (AvgIpc) is 2.34. The summed E-state index contributed by atoms with van der Waals surface area (Å²) >= 11 is 11.6. The molecule has 1 rings (SSSR count). The highest BCUT2D eigenvalue weighted by atomic mass is 35.5. The average molecular weight is 327 g/mol. The standard InChI is InChI=1S/C11H16Cl2N2O3S/c1-3-11(2,16)6-15-19(17,18)8-5-4-7(12)10(14)9(8)13/h4-5,15-16H,3,6,14H2,1-2H3. The van der Waals surface area contributed by atoms with Crippen molar-refractivity contribution in [3.05, 3.63) is 22.2 Å². The third kappa shape index (κ3) is 3.97. The summed E-state index contributed by atoms with van der Waals surface area (Å²) in [5.41, 5.74) is 4.46. The van der Waals surface area contributed by atoms with E-state index in [0.29, 0.717) is 6.42 Å². The Hall–Kier alpha value is -0.530. The Balaban J connectivity index is 3.06. The van der Waals surface area contributed by atoms with Crippen LogP contribution < -0.4 is 10.5 Å². The lowest BCUT2D eigenvalue weighted by Gasteiger charge is -2.21. The molecule has 1 aromatic rings. The number of aliphatic hydroxyl groups is 1. The van der Waals surface area contributed by atoms with E-state index in [9.17, 15) is 13.5 Å². The number of sulfonamides is 1. The molecule has 0 amide bonds. The molecule has 0 saturated carbocycles. The molecule has 108 valence electrons. The van der Waals surface area contributed by atoms with Gasteiger partial charge in [-0.2, -0.15) is 0 Å². The van der Waals surface area contributed by atoms with Crippen LogP contribution in [0.5, 0.6) is 0 Å². The van der Waals surface area contributed by atoms with Crippen LogP contribution in [0.25, 0.3) is 0 Å². The summed E-state index contributed by atoms with van der Waals surface area (Å²) in [6.07, 6.45) is 0.409. The van der Waals surface area contributed by atoms with Crippen molar-refractivity contribution < 1.29 is 13.5 Å². The zero-order chi connectivity index (χ0) is 14.8. The Labute approximate surface area is 122 Å².